The minimum Gasteiger partial charge on any atom is -0.377 e. The second-order valence-electron chi connectivity index (χ2n) is 5.63. The van der Waals surface area contributed by atoms with Gasteiger partial charge in [0.05, 0.1) is 6.04 Å². The SMILES string of the molecule is Cc1ccc(Br)cc1NC(C)c1cc2c(s1)CCCC2. The van der Waals surface area contributed by atoms with Gasteiger partial charge in [-0.15, -0.1) is 11.3 Å². The van der Waals surface area contributed by atoms with Gasteiger partial charge in [0, 0.05) is 19.9 Å². The third-order valence-electron chi connectivity index (χ3n) is 4.01. The molecule has 1 nitrogen and oxygen atoms in total. The van der Waals surface area contributed by atoms with Crippen LogP contribution in [0.2, 0.25) is 0 Å². The van der Waals surface area contributed by atoms with Crippen LogP contribution in [-0.2, 0) is 12.8 Å². The lowest BCUT2D eigenvalue weighted by molar-refractivity contribution is 0.696. The fourth-order valence-electron chi connectivity index (χ4n) is 2.78. The van der Waals surface area contributed by atoms with Crippen LogP contribution in [0.4, 0.5) is 5.69 Å². The molecule has 0 aliphatic heterocycles. The summed E-state index contributed by atoms with van der Waals surface area (Å²) in [4.78, 5) is 3.09. The van der Waals surface area contributed by atoms with Crippen molar-refractivity contribution in [2.24, 2.45) is 0 Å². The quantitative estimate of drug-likeness (QED) is 0.730. The van der Waals surface area contributed by atoms with Gasteiger partial charge < -0.3 is 5.32 Å². The molecule has 1 aliphatic rings. The molecular weight excluding hydrogens is 330 g/mol. The van der Waals surface area contributed by atoms with Crippen LogP contribution in [0.5, 0.6) is 0 Å². The third kappa shape index (κ3) is 2.94. The first-order valence-corrected chi connectivity index (χ1v) is 8.88. The predicted molar refractivity (Wildman–Crippen MR) is 91.9 cm³/mol. The Hall–Kier alpha value is -0.800. The number of benzene rings is 1. The van der Waals surface area contributed by atoms with Crippen molar-refractivity contribution in [3.8, 4) is 0 Å². The maximum atomic E-state index is 3.66. The van der Waals surface area contributed by atoms with Gasteiger partial charge >= 0.3 is 0 Å². The van der Waals surface area contributed by atoms with E-state index < -0.39 is 0 Å². The van der Waals surface area contributed by atoms with Gasteiger partial charge in [0.2, 0.25) is 0 Å². The molecule has 1 heterocycles. The summed E-state index contributed by atoms with van der Waals surface area (Å²) >= 11 is 5.55. The van der Waals surface area contributed by atoms with E-state index >= 15 is 0 Å². The molecule has 1 aromatic carbocycles. The van der Waals surface area contributed by atoms with Gasteiger partial charge in [0.15, 0.2) is 0 Å². The number of hydrogen-bond donors (Lipinski definition) is 1. The first kappa shape index (κ1) is 14.2. The van der Waals surface area contributed by atoms with E-state index in [0.29, 0.717) is 6.04 Å². The zero-order valence-corrected chi connectivity index (χ0v) is 14.4. The van der Waals surface area contributed by atoms with Crippen molar-refractivity contribution >= 4 is 33.0 Å². The number of rotatable bonds is 3. The summed E-state index contributed by atoms with van der Waals surface area (Å²) in [5, 5.41) is 3.66. The molecule has 0 saturated heterocycles. The van der Waals surface area contributed by atoms with Crippen molar-refractivity contribution in [1.29, 1.82) is 0 Å². The van der Waals surface area contributed by atoms with Gasteiger partial charge in [0.1, 0.15) is 0 Å². The van der Waals surface area contributed by atoms with Gasteiger partial charge in [-0.25, -0.2) is 0 Å². The number of fused-ring (bicyclic) bond motifs is 1. The van der Waals surface area contributed by atoms with E-state index in [9.17, 15) is 0 Å². The summed E-state index contributed by atoms with van der Waals surface area (Å²) in [5.74, 6) is 0. The van der Waals surface area contributed by atoms with Crippen LogP contribution < -0.4 is 5.32 Å². The molecule has 3 heteroatoms. The molecule has 0 amide bonds. The highest BCUT2D eigenvalue weighted by atomic mass is 79.9. The van der Waals surface area contributed by atoms with E-state index in [1.807, 2.05) is 11.3 Å². The molecule has 2 aromatic rings. The lowest BCUT2D eigenvalue weighted by Crippen LogP contribution is -2.06. The van der Waals surface area contributed by atoms with Crippen molar-refractivity contribution in [2.45, 2.75) is 45.6 Å². The lowest BCUT2D eigenvalue weighted by atomic mass is 9.99. The Morgan fingerprint density at radius 1 is 1.20 bits per heavy atom. The monoisotopic (exact) mass is 349 g/mol. The molecular formula is C17H20BrNS. The Morgan fingerprint density at radius 3 is 2.80 bits per heavy atom. The van der Waals surface area contributed by atoms with Crippen molar-refractivity contribution in [3.05, 3.63) is 49.6 Å². The first-order chi connectivity index (χ1) is 9.63. The third-order valence-corrected chi connectivity index (χ3v) is 5.93. The van der Waals surface area contributed by atoms with Crippen LogP contribution in [0.1, 0.15) is 46.7 Å². The van der Waals surface area contributed by atoms with E-state index in [1.54, 1.807) is 10.4 Å². The topological polar surface area (TPSA) is 12.0 Å². The van der Waals surface area contributed by atoms with Crippen molar-refractivity contribution < 1.29 is 0 Å². The molecule has 1 atom stereocenters. The molecule has 1 N–H and O–H groups in total. The highest BCUT2D eigenvalue weighted by Crippen LogP contribution is 2.34. The molecule has 0 bridgehead atoms. The van der Waals surface area contributed by atoms with Crippen molar-refractivity contribution in [2.75, 3.05) is 5.32 Å². The molecule has 106 valence electrons. The second kappa shape index (κ2) is 5.90. The highest BCUT2D eigenvalue weighted by Gasteiger charge is 2.16. The average Bonchev–Trinajstić information content (AvgIpc) is 2.87. The molecule has 1 unspecified atom stereocenters. The Labute approximate surface area is 133 Å². The maximum absolute atomic E-state index is 3.66. The average molecular weight is 350 g/mol. The van der Waals surface area contributed by atoms with Crippen LogP contribution in [0, 0.1) is 6.92 Å². The molecule has 1 aromatic heterocycles. The minimum atomic E-state index is 0.374. The van der Waals surface area contributed by atoms with Gasteiger partial charge in [-0.1, -0.05) is 22.0 Å². The van der Waals surface area contributed by atoms with Gasteiger partial charge in [-0.05, 0) is 68.9 Å². The summed E-state index contributed by atoms with van der Waals surface area (Å²) in [6.07, 6.45) is 5.27. The van der Waals surface area contributed by atoms with E-state index in [-0.39, 0.29) is 0 Å². The fraction of sp³-hybridized carbons (Fsp3) is 0.412. The Balaban J connectivity index is 1.80. The summed E-state index contributed by atoms with van der Waals surface area (Å²) in [7, 11) is 0. The van der Waals surface area contributed by atoms with Crippen molar-refractivity contribution in [3.63, 3.8) is 0 Å². The zero-order chi connectivity index (χ0) is 14.1. The predicted octanol–water partition coefficient (Wildman–Crippen LogP) is 5.87. The second-order valence-corrected chi connectivity index (χ2v) is 7.71. The minimum absolute atomic E-state index is 0.374. The summed E-state index contributed by atoms with van der Waals surface area (Å²) in [6.45, 7) is 4.42. The fourth-order valence-corrected chi connectivity index (χ4v) is 4.40. The smallest absolute Gasteiger partial charge is 0.0578 e. The lowest BCUT2D eigenvalue weighted by Gasteiger charge is -2.16. The van der Waals surface area contributed by atoms with Crippen LogP contribution in [0.15, 0.2) is 28.7 Å². The largest absolute Gasteiger partial charge is 0.377 e. The number of aryl methyl sites for hydroxylation is 3. The summed E-state index contributed by atoms with van der Waals surface area (Å²) in [5.41, 5.74) is 4.11. The van der Waals surface area contributed by atoms with Gasteiger partial charge in [0.25, 0.3) is 0 Å². The van der Waals surface area contributed by atoms with Crippen LogP contribution in [-0.4, -0.2) is 0 Å². The number of anilines is 1. The van der Waals surface area contributed by atoms with Crippen LogP contribution in [0.3, 0.4) is 0 Å². The summed E-state index contributed by atoms with van der Waals surface area (Å²) in [6, 6.07) is 9.20. The van der Waals surface area contributed by atoms with Crippen molar-refractivity contribution in [1.82, 2.24) is 0 Å². The Kier molecular flexibility index (Phi) is 4.18. The highest BCUT2D eigenvalue weighted by molar-refractivity contribution is 9.10. The van der Waals surface area contributed by atoms with E-state index in [0.717, 1.165) is 4.47 Å². The number of halogens is 1. The van der Waals surface area contributed by atoms with Gasteiger partial charge in [-0.2, -0.15) is 0 Å². The molecule has 20 heavy (non-hydrogen) atoms. The molecule has 0 saturated carbocycles. The zero-order valence-electron chi connectivity index (χ0n) is 12.0. The molecule has 0 fully saturated rings. The molecule has 3 rings (SSSR count). The first-order valence-electron chi connectivity index (χ1n) is 7.27. The summed E-state index contributed by atoms with van der Waals surface area (Å²) < 4.78 is 1.13. The number of nitrogens with one attached hydrogen (secondary N) is 1. The van der Waals surface area contributed by atoms with Crippen LogP contribution >= 0.6 is 27.3 Å². The molecule has 0 spiro atoms. The van der Waals surface area contributed by atoms with E-state index in [1.165, 1.54) is 41.8 Å². The Bertz CT molecular complexity index is 594. The molecule has 1 aliphatic carbocycles. The number of hydrogen-bond acceptors (Lipinski definition) is 2. The maximum Gasteiger partial charge on any atom is 0.0578 e. The van der Waals surface area contributed by atoms with Crippen LogP contribution in [0.25, 0.3) is 0 Å². The van der Waals surface area contributed by atoms with E-state index in [2.05, 4.69) is 59.4 Å². The Morgan fingerprint density at radius 2 is 2.00 bits per heavy atom. The number of thiophene rings is 1. The molecule has 0 radical (unpaired) electrons. The van der Waals surface area contributed by atoms with Gasteiger partial charge in [-0.3, -0.25) is 0 Å². The normalized spacial score (nSPS) is 15.8. The standard InChI is InChI=1S/C17H20BrNS/c1-11-7-8-14(18)10-15(11)19-12(2)17-9-13-5-3-4-6-16(13)20-17/h7-10,12,19H,3-6H2,1-2H3. The van der Waals surface area contributed by atoms with E-state index in [4.69, 9.17) is 0 Å².